The molecule has 2 amide bonds. The molecule has 0 unspecified atom stereocenters. The Hall–Kier alpha value is -2.35. The lowest BCUT2D eigenvalue weighted by Gasteiger charge is -2.09. The van der Waals surface area contributed by atoms with E-state index in [1.807, 2.05) is 0 Å². The molecule has 0 saturated carbocycles. The highest BCUT2D eigenvalue weighted by atomic mass is 35.5. The third kappa shape index (κ3) is 5.38. The van der Waals surface area contributed by atoms with Crippen molar-refractivity contribution in [2.24, 2.45) is 0 Å². The monoisotopic (exact) mass is 454 g/mol. The summed E-state index contributed by atoms with van der Waals surface area (Å²) in [6.07, 6.45) is 2.74. The highest BCUT2D eigenvalue weighted by molar-refractivity contribution is 7.18. The van der Waals surface area contributed by atoms with Crippen molar-refractivity contribution in [2.45, 2.75) is 13.8 Å². The fraction of sp³-hybridized carbons (Fsp3) is 0.250. The number of hydrogen-bond acceptors (Lipinski definition) is 5. The number of carbonyl (C=O) groups is 3. The maximum atomic E-state index is 12.4. The minimum Gasteiger partial charge on any atom is -0.462 e. The molecule has 0 atom stereocenters. The zero-order chi connectivity index (χ0) is 21.7. The van der Waals surface area contributed by atoms with E-state index in [0.29, 0.717) is 26.0 Å². The molecule has 0 spiro atoms. The highest BCUT2D eigenvalue weighted by Crippen LogP contribution is 2.34. The molecule has 9 heteroatoms. The number of nitrogens with zero attached hydrogens (tertiary/aromatic N) is 1. The average molecular weight is 455 g/mol. The zero-order valence-corrected chi connectivity index (χ0v) is 18.7. The van der Waals surface area contributed by atoms with E-state index in [1.54, 1.807) is 46.1 Å². The van der Waals surface area contributed by atoms with Gasteiger partial charge in [-0.15, -0.1) is 11.3 Å². The molecule has 2 rings (SSSR count). The van der Waals surface area contributed by atoms with Crippen LogP contribution >= 0.6 is 34.5 Å². The van der Waals surface area contributed by atoms with Crippen LogP contribution < -0.4 is 5.32 Å². The minimum atomic E-state index is -0.604. The van der Waals surface area contributed by atoms with E-state index in [4.69, 9.17) is 27.9 Å². The third-order valence-corrected chi connectivity index (χ3v) is 5.72. The fourth-order valence-corrected chi connectivity index (χ4v) is 4.18. The van der Waals surface area contributed by atoms with Gasteiger partial charge >= 0.3 is 5.97 Å². The van der Waals surface area contributed by atoms with Gasteiger partial charge in [0.05, 0.1) is 17.0 Å². The smallest absolute Gasteiger partial charge is 0.341 e. The predicted molar refractivity (Wildman–Crippen MR) is 117 cm³/mol. The maximum Gasteiger partial charge on any atom is 0.341 e. The first-order valence-corrected chi connectivity index (χ1v) is 10.2. The summed E-state index contributed by atoms with van der Waals surface area (Å²) in [5, 5.41) is 3.70. The molecule has 29 heavy (non-hydrogen) atoms. The van der Waals surface area contributed by atoms with E-state index in [0.717, 1.165) is 11.3 Å². The molecule has 0 aliphatic rings. The number of anilines is 1. The Morgan fingerprint density at radius 3 is 2.38 bits per heavy atom. The molecule has 1 N–H and O–H groups in total. The lowest BCUT2D eigenvalue weighted by atomic mass is 10.1. The van der Waals surface area contributed by atoms with Gasteiger partial charge in [-0.05, 0) is 37.6 Å². The summed E-state index contributed by atoms with van der Waals surface area (Å²) < 4.78 is 5.08. The number of hydrogen-bond donors (Lipinski definition) is 1. The van der Waals surface area contributed by atoms with Crippen LogP contribution in [0, 0.1) is 6.92 Å². The van der Waals surface area contributed by atoms with Gasteiger partial charge in [-0.3, -0.25) is 9.59 Å². The van der Waals surface area contributed by atoms with Crippen molar-refractivity contribution in [2.75, 3.05) is 26.0 Å². The van der Waals surface area contributed by atoms with Crippen LogP contribution in [0.2, 0.25) is 10.0 Å². The molecule has 0 aliphatic heterocycles. The Bertz CT molecular complexity index is 963. The molecule has 6 nitrogen and oxygen atoms in total. The van der Waals surface area contributed by atoms with Crippen LogP contribution in [0.15, 0.2) is 24.3 Å². The van der Waals surface area contributed by atoms with Crippen molar-refractivity contribution < 1.29 is 19.1 Å². The Balaban J connectivity index is 2.36. The SMILES string of the molecule is CCOC(=O)c1c(NC(=O)C=Cc2c(Cl)cccc2Cl)sc(C(=O)N(C)C)c1C. The van der Waals surface area contributed by atoms with Gasteiger partial charge in [0.2, 0.25) is 5.91 Å². The summed E-state index contributed by atoms with van der Waals surface area (Å²) in [5.41, 5.74) is 1.13. The fourth-order valence-electron chi connectivity index (χ4n) is 2.44. The second-order valence-corrected chi connectivity index (χ2v) is 7.97. The topological polar surface area (TPSA) is 75.7 Å². The largest absolute Gasteiger partial charge is 0.462 e. The molecule has 2 aromatic rings. The van der Waals surface area contributed by atoms with Gasteiger partial charge in [0.25, 0.3) is 5.91 Å². The molecular formula is C20H20Cl2N2O4S. The molecular weight excluding hydrogens is 435 g/mol. The van der Waals surface area contributed by atoms with Crippen LogP contribution in [-0.2, 0) is 9.53 Å². The first-order chi connectivity index (χ1) is 13.7. The number of esters is 1. The predicted octanol–water partition coefficient (Wildman–Crippen LogP) is 4.89. The Morgan fingerprint density at radius 1 is 1.21 bits per heavy atom. The van der Waals surface area contributed by atoms with Crippen molar-refractivity contribution in [3.05, 3.63) is 55.9 Å². The van der Waals surface area contributed by atoms with Gasteiger partial charge in [-0.2, -0.15) is 0 Å². The normalized spacial score (nSPS) is 10.8. The standard InChI is InChI=1S/C20H20Cl2N2O4S/c1-5-28-20(27)16-11(2)17(19(26)24(3)4)29-18(16)23-15(25)10-9-12-13(21)7-6-8-14(12)22/h6-10H,5H2,1-4H3,(H,23,25). The lowest BCUT2D eigenvalue weighted by molar-refractivity contribution is -0.111. The quantitative estimate of drug-likeness (QED) is 0.497. The Morgan fingerprint density at radius 2 is 1.83 bits per heavy atom. The number of carbonyl (C=O) groups excluding carboxylic acids is 3. The van der Waals surface area contributed by atoms with Crippen molar-refractivity contribution in [3.63, 3.8) is 0 Å². The summed E-state index contributed by atoms with van der Waals surface area (Å²) in [6.45, 7) is 3.50. The number of thiophene rings is 1. The van der Waals surface area contributed by atoms with E-state index >= 15 is 0 Å². The van der Waals surface area contributed by atoms with E-state index < -0.39 is 11.9 Å². The summed E-state index contributed by atoms with van der Waals surface area (Å²) >= 11 is 13.2. The first-order valence-electron chi connectivity index (χ1n) is 8.62. The van der Waals surface area contributed by atoms with E-state index in [-0.39, 0.29) is 23.1 Å². The number of benzene rings is 1. The molecule has 0 radical (unpaired) electrons. The van der Waals surface area contributed by atoms with Gasteiger partial charge < -0.3 is 15.0 Å². The van der Waals surface area contributed by atoms with Crippen molar-refractivity contribution in [1.82, 2.24) is 4.90 Å². The van der Waals surface area contributed by atoms with Gasteiger partial charge in [0.15, 0.2) is 0 Å². The van der Waals surface area contributed by atoms with Gasteiger partial charge in [-0.1, -0.05) is 29.3 Å². The van der Waals surface area contributed by atoms with E-state index in [1.165, 1.54) is 17.1 Å². The van der Waals surface area contributed by atoms with Gasteiger partial charge in [0.1, 0.15) is 5.00 Å². The van der Waals surface area contributed by atoms with Crippen LogP contribution in [0.4, 0.5) is 5.00 Å². The molecule has 0 aliphatic carbocycles. The first kappa shape index (κ1) is 22.9. The highest BCUT2D eigenvalue weighted by Gasteiger charge is 2.27. The zero-order valence-electron chi connectivity index (χ0n) is 16.3. The number of rotatable bonds is 6. The second-order valence-electron chi connectivity index (χ2n) is 6.14. The summed E-state index contributed by atoms with van der Waals surface area (Å²) in [5.74, 6) is -1.37. The molecule has 1 heterocycles. The van der Waals surface area contributed by atoms with Crippen LogP contribution in [0.25, 0.3) is 6.08 Å². The molecule has 1 aromatic heterocycles. The molecule has 154 valence electrons. The third-order valence-electron chi connectivity index (χ3n) is 3.86. The van der Waals surface area contributed by atoms with Crippen LogP contribution in [0.1, 0.15) is 38.1 Å². The lowest BCUT2D eigenvalue weighted by Crippen LogP contribution is -2.21. The average Bonchev–Trinajstić information content (AvgIpc) is 2.96. The van der Waals surface area contributed by atoms with Crippen molar-refractivity contribution in [1.29, 1.82) is 0 Å². The van der Waals surface area contributed by atoms with E-state index in [2.05, 4.69) is 5.32 Å². The molecule has 0 saturated heterocycles. The Labute approximate surface area is 183 Å². The van der Waals surface area contributed by atoms with Crippen LogP contribution in [0.5, 0.6) is 0 Å². The number of halogens is 2. The summed E-state index contributed by atoms with van der Waals surface area (Å²) in [7, 11) is 3.22. The second kappa shape index (κ2) is 9.91. The summed E-state index contributed by atoms with van der Waals surface area (Å²) in [6, 6.07) is 5.02. The number of amides is 2. The number of ether oxygens (including phenoxy) is 1. The van der Waals surface area contributed by atoms with Crippen molar-refractivity contribution in [3.8, 4) is 0 Å². The molecule has 0 bridgehead atoms. The minimum absolute atomic E-state index is 0.166. The van der Waals surface area contributed by atoms with Gasteiger partial charge in [0, 0.05) is 35.8 Å². The van der Waals surface area contributed by atoms with Crippen LogP contribution in [-0.4, -0.2) is 43.4 Å². The van der Waals surface area contributed by atoms with Crippen molar-refractivity contribution >= 4 is 63.4 Å². The maximum absolute atomic E-state index is 12.4. The number of nitrogens with one attached hydrogen (secondary N) is 1. The molecule has 0 fully saturated rings. The summed E-state index contributed by atoms with van der Waals surface area (Å²) in [4.78, 5) is 39.0. The Kier molecular flexibility index (Phi) is 7.84. The van der Waals surface area contributed by atoms with E-state index in [9.17, 15) is 14.4 Å². The van der Waals surface area contributed by atoms with Gasteiger partial charge in [-0.25, -0.2) is 4.79 Å². The molecule has 1 aromatic carbocycles. The van der Waals surface area contributed by atoms with Crippen LogP contribution in [0.3, 0.4) is 0 Å².